The molecule has 0 spiro atoms. The molecule has 0 saturated carbocycles. The molecule has 6 heteroatoms. The van der Waals surface area contributed by atoms with E-state index in [0.717, 1.165) is 38.5 Å². The minimum atomic E-state index is -1.28. The first-order valence-electron chi connectivity index (χ1n) is 24.1. The maximum Gasteiger partial charge on any atom is 0.249 e. The number of unbranched alkanes of at least 4 members (excludes halogenated alkanes) is 33. The van der Waals surface area contributed by atoms with Crippen LogP contribution in [0.3, 0.4) is 0 Å². The van der Waals surface area contributed by atoms with Gasteiger partial charge in [-0.25, -0.2) is 0 Å². The molecule has 4 unspecified atom stereocenters. The normalized spacial score (nSPS) is 14.1. The van der Waals surface area contributed by atoms with Crippen molar-refractivity contribution in [1.82, 2.24) is 5.32 Å². The number of hydrogen-bond donors (Lipinski definition) is 5. The molecular formula is C48H95NO5. The molecule has 0 aromatic carbocycles. The molecule has 4 atom stereocenters. The standard InChI is InChI=1S/C48H95NO5/c1-3-5-7-9-11-13-15-17-19-21-22-23-24-25-26-28-29-31-33-35-37-39-41-45(51)47(53)44(43-50)49-48(54)46(52)42-40-38-36-34-32-30-27-20-18-16-14-12-10-8-6-4-2/h33,35,44-47,50-53H,3-32,34,36-43H2,1-2H3,(H,49,54)/b35-33+. The van der Waals surface area contributed by atoms with Crippen LogP contribution in [0.1, 0.15) is 258 Å². The van der Waals surface area contributed by atoms with Crippen molar-refractivity contribution in [1.29, 1.82) is 0 Å². The third-order valence-electron chi connectivity index (χ3n) is 11.5. The maximum atomic E-state index is 12.5. The molecule has 1 amide bonds. The van der Waals surface area contributed by atoms with E-state index in [1.54, 1.807) is 0 Å². The number of rotatable bonds is 44. The van der Waals surface area contributed by atoms with Crippen LogP contribution in [0.2, 0.25) is 0 Å². The van der Waals surface area contributed by atoms with Gasteiger partial charge in [-0.2, -0.15) is 0 Å². The van der Waals surface area contributed by atoms with Crippen molar-refractivity contribution in [3.05, 3.63) is 12.2 Å². The van der Waals surface area contributed by atoms with Crippen LogP contribution in [0.25, 0.3) is 0 Å². The van der Waals surface area contributed by atoms with Gasteiger partial charge in [-0.15, -0.1) is 0 Å². The first-order valence-corrected chi connectivity index (χ1v) is 24.1. The van der Waals surface area contributed by atoms with Crippen molar-refractivity contribution in [2.45, 2.75) is 282 Å². The lowest BCUT2D eigenvalue weighted by Gasteiger charge is -2.27. The number of allylic oxidation sites excluding steroid dienone is 2. The Hall–Kier alpha value is -0.950. The van der Waals surface area contributed by atoms with Crippen LogP contribution in [0.5, 0.6) is 0 Å². The number of hydrogen-bond acceptors (Lipinski definition) is 5. The summed E-state index contributed by atoms with van der Waals surface area (Å²) in [5.41, 5.74) is 0. The molecule has 322 valence electrons. The van der Waals surface area contributed by atoms with Gasteiger partial charge >= 0.3 is 0 Å². The van der Waals surface area contributed by atoms with Crippen molar-refractivity contribution >= 4 is 5.91 Å². The Morgan fingerprint density at radius 1 is 0.444 bits per heavy atom. The highest BCUT2D eigenvalue weighted by atomic mass is 16.3. The molecule has 0 aromatic rings. The Labute approximate surface area is 336 Å². The number of carbonyl (C=O) groups is 1. The van der Waals surface area contributed by atoms with Gasteiger partial charge in [-0.05, 0) is 38.5 Å². The molecule has 6 nitrogen and oxygen atoms in total. The SMILES string of the molecule is CCCCCCCCCCCCCCCCCCC/C=C/CCCC(O)C(O)C(CO)NC(=O)C(O)CCCCCCCCCCCCCCCCCC. The van der Waals surface area contributed by atoms with Gasteiger partial charge in [0.15, 0.2) is 0 Å². The van der Waals surface area contributed by atoms with E-state index in [4.69, 9.17) is 0 Å². The van der Waals surface area contributed by atoms with E-state index in [9.17, 15) is 25.2 Å². The maximum absolute atomic E-state index is 12.5. The van der Waals surface area contributed by atoms with Gasteiger partial charge in [0.1, 0.15) is 12.2 Å². The summed E-state index contributed by atoms with van der Waals surface area (Å²) in [6.45, 7) is 4.06. The van der Waals surface area contributed by atoms with Crippen molar-refractivity contribution in [3.63, 3.8) is 0 Å². The molecule has 0 rings (SSSR count). The van der Waals surface area contributed by atoms with Crippen LogP contribution in [0.4, 0.5) is 0 Å². The van der Waals surface area contributed by atoms with Crippen LogP contribution in [-0.4, -0.2) is 57.3 Å². The van der Waals surface area contributed by atoms with Gasteiger partial charge in [0, 0.05) is 0 Å². The monoisotopic (exact) mass is 766 g/mol. The highest BCUT2D eigenvalue weighted by molar-refractivity contribution is 5.80. The minimum Gasteiger partial charge on any atom is -0.394 e. The number of carbonyl (C=O) groups excluding carboxylic acids is 1. The molecule has 0 bridgehead atoms. The lowest BCUT2D eigenvalue weighted by atomic mass is 10.00. The van der Waals surface area contributed by atoms with Crippen molar-refractivity contribution in [2.75, 3.05) is 6.61 Å². The average Bonchev–Trinajstić information content (AvgIpc) is 3.18. The second-order valence-electron chi connectivity index (χ2n) is 16.8. The highest BCUT2D eigenvalue weighted by Gasteiger charge is 2.28. The number of aliphatic hydroxyl groups excluding tert-OH is 4. The third-order valence-corrected chi connectivity index (χ3v) is 11.5. The van der Waals surface area contributed by atoms with Crippen molar-refractivity contribution in [2.24, 2.45) is 0 Å². The largest absolute Gasteiger partial charge is 0.394 e. The summed E-state index contributed by atoms with van der Waals surface area (Å²) in [6.07, 6.45) is 48.3. The van der Waals surface area contributed by atoms with E-state index in [2.05, 4.69) is 31.3 Å². The number of amides is 1. The van der Waals surface area contributed by atoms with Crippen LogP contribution < -0.4 is 5.32 Å². The van der Waals surface area contributed by atoms with E-state index >= 15 is 0 Å². The Bertz CT molecular complexity index is 776. The second-order valence-corrected chi connectivity index (χ2v) is 16.8. The van der Waals surface area contributed by atoms with Crippen molar-refractivity contribution < 1.29 is 25.2 Å². The quantitative estimate of drug-likeness (QED) is 0.0313. The number of aliphatic hydroxyl groups is 4. The smallest absolute Gasteiger partial charge is 0.249 e. The molecule has 0 saturated heterocycles. The zero-order chi connectivity index (χ0) is 39.6. The van der Waals surface area contributed by atoms with E-state index in [0.29, 0.717) is 12.8 Å². The van der Waals surface area contributed by atoms with Gasteiger partial charge in [0.05, 0.1) is 18.8 Å². The molecule has 0 aromatic heterocycles. The van der Waals surface area contributed by atoms with E-state index < -0.39 is 36.9 Å². The van der Waals surface area contributed by atoms with E-state index in [1.165, 1.54) is 193 Å². The Kier molecular flexibility index (Phi) is 42.4. The van der Waals surface area contributed by atoms with Crippen LogP contribution in [-0.2, 0) is 4.79 Å². The summed E-state index contributed by atoms with van der Waals surface area (Å²) >= 11 is 0. The summed E-state index contributed by atoms with van der Waals surface area (Å²) in [6, 6.07) is -0.997. The zero-order valence-electron chi connectivity index (χ0n) is 36.2. The highest BCUT2D eigenvalue weighted by Crippen LogP contribution is 2.17. The second kappa shape index (κ2) is 43.2. The molecule has 0 aliphatic heterocycles. The molecule has 5 N–H and O–H groups in total. The predicted molar refractivity (Wildman–Crippen MR) is 233 cm³/mol. The molecule has 0 fully saturated rings. The molecular weight excluding hydrogens is 671 g/mol. The topological polar surface area (TPSA) is 110 Å². The lowest BCUT2D eigenvalue weighted by Crippen LogP contribution is -2.53. The van der Waals surface area contributed by atoms with Crippen molar-refractivity contribution in [3.8, 4) is 0 Å². The summed E-state index contributed by atoms with van der Waals surface area (Å²) in [5.74, 6) is -0.589. The Morgan fingerprint density at radius 2 is 0.759 bits per heavy atom. The average molecular weight is 766 g/mol. The molecule has 54 heavy (non-hydrogen) atoms. The summed E-state index contributed by atoms with van der Waals surface area (Å²) in [5, 5.41) is 43.8. The van der Waals surface area contributed by atoms with Gasteiger partial charge < -0.3 is 25.7 Å². The zero-order valence-corrected chi connectivity index (χ0v) is 36.2. The van der Waals surface area contributed by atoms with Gasteiger partial charge in [0.2, 0.25) is 5.91 Å². The Morgan fingerprint density at radius 3 is 1.11 bits per heavy atom. The lowest BCUT2D eigenvalue weighted by molar-refractivity contribution is -0.132. The first kappa shape index (κ1) is 53.0. The van der Waals surface area contributed by atoms with E-state index in [-0.39, 0.29) is 0 Å². The van der Waals surface area contributed by atoms with Gasteiger partial charge in [-0.3, -0.25) is 4.79 Å². The van der Waals surface area contributed by atoms with Crippen LogP contribution in [0.15, 0.2) is 12.2 Å². The Balaban J connectivity index is 3.70. The van der Waals surface area contributed by atoms with Gasteiger partial charge in [0.25, 0.3) is 0 Å². The van der Waals surface area contributed by atoms with Crippen LogP contribution >= 0.6 is 0 Å². The fourth-order valence-electron chi connectivity index (χ4n) is 7.64. The predicted octanol–water partition coefficient (Wildman–Crippen LogP) is 13.0. The summed E-state index contributed by atoms with van der Waals surface area (Å²) in [7, 11) is 0. The van der Waals surface area contributed by atoms with E-state index in [1.807, 2.05) is 0 Å². The van der Waals surface area contributed by atoms with Crippen LogP contribution in [0, 0.1) is 0 Å². The van der Waals surface area contributed by atoms with Gasteiger partial charge in [-0.1, -0.05) is 231 Å². The first-order chi connectivity index (χ1) is 26.5. The third kappa shape index (κ3) is 36.7. The fourth-order valence-corrected chi connectivity index (χ4v) is 7.64. The molecule has 0 aliphatic carbocycles. The molecule has 0 heterocycles. The number of nitrogens with one attached hydrogen (secondary N) is 1. The minimum absolute atomic E-state index is 0.368. The summed E-state index contributed by atoms with van der Waals surface area (Å²) in [4.78, 5) is 12.5. The fraction of sp³-hybridized carbons (Fsp3) is 0.938. The molecule has 0 aliphatic rings. The molecule has 0 radical (unpaired) electrons. The summed E-state index contributed by atoms with van der Waals surface area (Å²) < 4.78 is 0.